The Bertz CT molecular complexity index is 885. The second-order valence-corrected chi connectivity index (χ2v) is 7.35. The molecule has 0 bridgehead atoms. The Morgan fingerprint density at radius 3 is 2.04 bits per heavy atom. The van der Waals surface area contributed by atoms with Crippen LogP contribution >= 0.6 is 0 Å². The van der Waals surface area contributed by atoms with Gasteiger partial charge in [0.1, 0.15) is 0 Å². The Morgan fingerprint density at radius 1 is 0.846 bits per heavy atom. The summed E-state index contributed by atoms with van der Waals surface area (Å²) in [5.74, 6) is -1.44. The van der Waals surface area contributed by atoms with Crippen molar-refractivity contribution in [2.24, 2.45) is 0 Å². The Hall–Kier alpha value is -2.67. The maximum absolute atomic E-state index is 12.8. The largest absolute Gasteiger partial charge is 0.462 e. The van der Waals surface area contributed by atoms with Crippen molar-refractivity contribution in [3.05, 3.63) is 65.2 Å². The Kier molecular flexibility index (Phi) is 6.52. The van der Waals surface area contributed by atoms with Crippen LogP contribution in [0.15, 0.2) is 53.4 Å². The number of rotatable bonds is 7. The lowest BCUT2D eigenvalue weighted by Crippen LogP contribution is -2.13. The van der Waals surface area contributed by atoms with Gasteiger partial charge < -0.3 is 9.47 Å². The molecule has 0 saturated carbocycles. The lowest BCUT2D eigenvalue weighted by atomic mass is 10.1. The SMILES string of the molecule is CCOC(=O)c1ccc(CS(=O)(=O)c2ccccc2C(=O)OCC)cc1. The summed E-state index contributed by atoms with van der Waals surface area (Å²) in [6, 6.07) is 12.1. The zero-order valence-corrected chi connectivity index (χ0v) is 15.4. The van der Waals surface area contributed by atoms with Crippen LogP contribution < -0.4 is 0 Å². The van der Waals surface area contributed by atoms with E-state index in [1.807, 2.05) is 0 Å². The summed E-state index contributed by atoms with van der Waals surface area (Å²) in [6.45, 7) is 3.78. The van der Waals surface area contributed by atoms with Crippen LogP contribution in [0.1, 0.15) is 40.1 Å². The summed E-state index contributed by atoms with van der Waals surface area (Å²) in [5.41, 5.74) is 0.856. The predicted molar refractivity (Wildman–Crippen MR) is 95.7 cm³/mol. The molecule has 0 spiro atoms. The summed E-state index contributed by atoms with van der Waals surface area (Å²) >= 11 is 0. The fourth-order valence-electron chi connectivity index (χ4n) is 2.36. The average molecular weight is 376 g/mol. The molecule has 2 rings (SSSR count). The zero-order valence-electron chi connectivity index (χ0n) is 14.6. The molecule has 0 unspecified atom stereocenters. The second-order valence-electron chi connectivity index (χ2n) is 5.39. The lowest BCUT2D eigenvalue weighted by Gasteiger charge is -2.10. The minimum absolute atomic E-state index is 0.0116. The minimum Gasteiger partial charge on any atom is -0.462 e. The monoisotopic (exact) mass is 376 g/mol. The first-order valence-corrected chi connectivity index (χ1v) is 9.79. The molecule has 0 aliphatic carbocycles. The van der Waals surface area contributed by atoms with Crippen molar-refractivity contribution in [3.63, 3.8) is 0 Å². The molecule has 2 aromatic carbocycles. The van der Waals surface area contributed by atoms with Crippen molar-refractivity contribution >= 4 is 21.8 Å². The van der Waals surface area contributed by atoms with Gasteiger partial charge in [-0.2, -0.15) is 0 Å². The number of carbonyl (C=O) groups is 2. The smallest absolute Gasteiger partial charge is 0.339 e. The first kappa shape index (κ1) is 19.7. The summed E-state index contributed by atoms with van der Waals surface area (Å²) in [7, 11) is -3.77. The van der Waals surface area contributed by atoms with Crippen LogP contribution in [0.2, 0.25) is 0 Å². The quantitative estimate of drug-likeness (QED) is 0.691. The van der Waals surface area contributed by atoms with Crippen LogP contribution in [0.4, 0.5) is 0 Å². The van der Waals surface area contributed by atoms with Crippen LogP contribution in [-0.4, -0.2) is 33.6 Å². The van der Waals surface area contributed by atoms with E-state index in [-0.39, 0.29) is 29.4 Å². The molecule has 0 amide bonds. The van der Waals surface area contributed by atoms with E-state index < -0.39 is 21.8 Å². The summed E-state index contributed by atoms with van der Waals surface area (Å²) in [4.78, 5) is 23.6. The van der Waals surface area contributed by atoms with Gasteiger partial charge in [-0.15, -0.1) is 0 Å². The number of benzene rings is 2. The second kappa shape index (κ2) is 8.62. The van der Waals surface area contributed by atoms with Gasteiger partial charge in [-0.1, -0.05) is 24.3 Å². The molecule has 0 aliphatic rings. The van der Waals surface area contributed by atoms with E-state index in [4.69, 9.17) is 9.47 Å². The molecular formula is C19H20O6S. The van der Waals surface area contributed by atoms with E-state index in [0.29, 0.717) is 11.1 Å². The highest BCUT2D eigenvalue weighted by Gasteiger charge is 2.23. The van der Waals surface area contributed by atoms with Gasteiger partial charge in [0.05, 0.1) is 35.0 Å². The van der Waals surface area contributed by atoms with Crippen molar-refractivity contribution in [2.45, 2.75) is 24.5 Å². The highest BCUT2D eigenvalue weighted by molar-refractivity contribution is 7.90. The van der Waals surface area contributed by atoms with Crippen LogP contribution in [0.25, 0.3) is 0 Å². The molecule has 6 nitrogen and oxygen atoms in total. The molecule has 0 heterocycles. The Morgan fingerprint density at radius 2 is 1.42 bits per heavy atom. The molecule has 0 radical (unpaired) electrons. The van der Waals surface area contributed by atoms with Crippen LogP contribution in [0, 0.1) is 0 Å². The summed E-state index contributed by atoms with van der Waals surface area (Å²) in [5, 5.41) is 0. The van der Waals surface area contributed by atoms with E-state index in [9.17, 15) is 18.0 Å². The van der Waals surface area contributed by atoms with Crippen LogP contribution in [0.3, 0.4) is 0 Å². The van der Waals surface area contributed by atoms with Gasteiger partial charge in [-0.3, -0.25) is 0 Å². The van der Waals surface area contributed by atoms with E-state index in [2.05, 4.69) is 0 Å². The van der Waals surface area contributed by atoms with Crippen molar-refractivity contribution in [1.29, 1.82) is 0 Å². The van der Waals surface area contributed by atoms with Gasteiger partial charge >= 0.3 is 11.9 Å². The molecule has 0 aromatic heterocycles. The molecule has 7 heteroatoms. The molecule has 0 fully saturated rings. The normalized spacial score (nSPS) is 11.0. The van der Waals surface area contributed by atoms with Crippen molar-refractivity contribution in [3.8, 4) is 0 Å². The van der Waals surface area contributed by atoms with E-state index in [0.717, 1.165) is 0 Å². The minimum atomic E-state index is -3.77. The first-order valence-electron chi connectivity index (χ1n) is 8.14. The molecule has 138 valence electrons. The fraction of sp³-hybridized carbons (Fsp3) is 0.263. The van der Waals surface area contributed by atoms with Crippen LogP contribution in [0.5, 0.6) is 0 Å². The van der Waals surface area contributed by atoms with Gasteiger partial charge in [0.25, 0.3) is 0 Å². The maximum Gasteiger partial charge on any atom is 0.339 e. The van der Waals surface area contributed by atoms with Crippen molar-refractivity contribution < 1.29 is 27.5 Å². The zero-order chi connectivity index (χ0) is 19.2. The average Bonchev–Trinajstić information content (AvgIpc) is 2.62. The molecule has 2 aromatic rings. The molecule has 26 heavy (non-hydrogen) atoms. The summed E-state index contributed by atoms with van der Waals surface area (Å²) in [6.07, 6.45) is 0. The van der Waals surface area contributed by atoms with Gasteiger partial charge in [0, 0.05) is 0 Å². The summed E-state index contributed by atoms with van der Waals surface area (Å²) < 4.78 is 35.3. The number of sulfone groups is 1. The van der Waals surface area contributed by atoms with E-state index in [1.54, 1.807) is 38.1 Å². The predicted octanol–water partition coefficient (Wildman–Crippen LogP) is 3.01. The van der Waals surface area contributed by atoms with Crippen molar-refractivity contribution in [2.75, 3.05) is 13.2 Å². The Labute approximate surface area is 152 Å². The standard InChI is InChI=1S/C19H20O6S/c1-3-24-18(20)15-11-9-14(10-12-15)13-26(22,23)17-8-6-5-7-16(17)19(21)25-4-2/h5-12H,3-4,13H2,1-2H3. The van der Waals surface area contributed by atoms with Gasteiger partial charge in [-0.05, 0) is 43.7 Å². The third-order valence-electron chi connectivity index (χ3n) is 3.54. The highest BCUT2D eigenvalue weighted by atomic mass is 32.2. The topological polar surface area (TPSA) is 86.7 Å². The number of esters is 2. The third kappa shape index (κ3) is 4.70. The van der Waals surface area contributed by atoms with Gasteiger partial charge in [0.2, 0.25) is 0 Å². The van der Waals surface area contributed by atoms with E-state index in [1.165, 1.54) is 24.3 Å². The molecule has 0 aliphatic heterocycles. The molecule has 0 saturated heterocycles. The van der Waals surface area contributed by atoms with E-state index >= 15 is 0 Å². The fourth-order valence-corrected chi connectivity index (χ4v) is 3.92. The lowest BCUT2D eigenvalue weighted by molar-refractivity contribution is 0.0514. The van der Waals surface area contributed by atoms with Gasteiger partial charge in [0.15, 0.2) is 9.84 Å². The third-order valence-corrected chi connectivity index (χ3v) is 5.28. The van der Waals surface area contributed by atoms with Crippen LogP contribution in [-0.2, 0) is 25.1 Å². The number of hydrogen-bond acceptors (Lipinski definition) is 6. The number of carbonyl (C=O) groups excluding carboxylic acids is 2. The van der Waals surface area contributed by atoms with Gasteiger partial charge in [-0.25, -0.2) is 18.0 Å². The molecule has 0 N–H and O–H groups in total. The number of hydrogen-bond donors (Lipinski definition) is 0. The molecular weight excluding hydrogens is 356 g/mol. The first-order chi connectivity index (χ1) is 12.4. The van der Waals surface area contributed by atoms with Crippen molar-refractivity contribution in [1.82, 2.24) is 0 Å². The number of ether oxygens (including phenoxy) is 2. The highest BCUT2D eigenvalue weighted by Crippen LogP contribution is 2.22. The Balaban J connectivity index is 2.27. The molecule has 0 atom stereocenters. The maximum atomic E-state index is 12.8.